The van der Waals surface area contributed by atoms with Crippen LogP contribution in [0.3, 0.4) is 0 Å². The van der Waals surface area contributed by atoms with E-state index in [9.17, 15) is 12.8 Å². The normalized spacial score (nSPS) is 11.4. The summed E-state index contributed by atoms with van der Waals surface area (Å²) in [6.07, 6.45) is 0. The molecular weight excluding hydrogens is 365 g/mol. The second-order valence-corrected chi connectivity index (χ2v) is 8.85. The minimum Gasteiger partial charge on any atom is -0.279 e. The van der Waals surface area contributed by atoms with Gasteiger partial charge in [0.15, 0.2) is 0 Å². The SMILES string of the molecule is O=S(=O)(Nc1ccc(SCc2ccccc2F)cc1)c1cccs1. The molecule has 2 aromatic carbocycles. The molecule has 0 radical (unpaired) electrons. The molecule has 0 aliphatic carbocycles. The van der Waals surface area contributed by atoms with Crippen LogP contribution in [0.15, 0.2) is 75.1 Å². The zero-order valence-corrected chi connectivity index (χ0v) is 14.9. The summed E-state index contributed by atoms with van der Waals surface area (Å²) in [7, 11) is -3.53. The van der Waals surface area contributed by atoms with Gasteiger partial charge in [0.2, 0.25) is 0 Å². The molecule has 3 aromatic rings. The van der Waals surface area contributed by atoms with Crippen LogP contribution < -0.4 is 4.72 Å². The first kappa shape index (κ1) is 17.0. The van der Waals surface area contributed by atoms with Crippen molar-refractivity contribution in [3.05, 3.63) is 77.4 Å². The van der Waals surface area contributed by atoms with Gasteiger partial charge < -0.3 is 0 Å². The van der Waals surface area contributed by atoms with Crippen molar-refractivity contribution in [3.8, 4) is 0 Å². The van der Waals surface area contributed by atoms with E-state index in [1.807, 2.05) is 12.1 Å². The standard InChI is InChI=1S/C17H14FNO2S3/c18-16-5-2-1-4-13(16)12-23-15-9-7-14(8-10-15)19-24(20,21)17-6-3-11-22-17/h1-11,19H,12H2. The molecule has 0 amide bonds. The summed E-state index contributed by atoms with van der Waals surface area (Å²) >= 11 is 2.67. The van der Waals surface area contributed by atoms with Gasteiger partial charge in [-0.15, -0.1) is 23.1 Å². The van der Waals surface area contributed by atoms with Crippen molar-refractivity contribution < 1.29 is 12.8 Å². The van der Waals surface area contributed by atoms with Crippen molar-refractivity contribution in [2.45, 2.75) is 14.9 Å². The fraction of sp³-hybridized carbons (Fsp3) is 0.0588. The molecule has 3 nitrogen and oxygen atoms in total. The third-order valence-corrected chi connectivity index (χ3v) is 7.06. The number of thiophene rings is 1. The predicted molar refractivity (Wildman–Crippen MR) is 97.5 cm³/mol. The van der Waals surface area contributed by atoms with Gasteiger partial charge in [-0.1, -0.05) is 24.3 Å². The molecule has 1 N–H and O–H groups in total. The maximum Gasteiger partial charge on any atom is 0.271 e. The van der Waals surface area contributed by atoms with Gasteiger partial charge >= 0.3 is 0 Å². The second kappa shape index (κ2) is 7.38. The number of sulfonamides is 1. The Balaban J connectivity index is 1.65. The topological polar surface area (TPSA) is 46.2 Å². The first-order valence-electron chi connectivity index (χ1n) is 7.07. The molecule has 0 atom stereocenters. The summed E-state index contributed by atoms with van der Waals surface area (Å²) in [5.41, 5.74) is 1.14. The molecule has 0 bridgehead atoms. The number of thioether (sulfide) groups is 1. The number of halogens is 1. The van der Waals surface area contributed by atoms with E-state index >= 15 is 0 Å². The summed E-state index contributed by atoms with van der Waals surface area (Å²) in [5.74, 6) is 0.303. The van der Waals surface area contributed by atoms with Crippen LogP contribution in [-0.4, -0.2) is 8.42 Å². The molecule has 0 unspecified atom stereocenters. The molecule has 0 aliphatic heterocycles. The van der Waals surface area contributed by atoms with Gasteiger partial charge in [0.1, 0.15) is 10.0 Å². The Morgan fingerprint density at radius 1 is 1.00 bits per heavy atom. The molecule has 0 fully saturated rings. The van der Waals surface area contributed by atoms with E-state index in [-0.39, 0.29) is 10.0 Å². The lowest BCUT2D eigenvalue weighted by Crippen LogP contribution is -2.11. The van der Waals surface area contributed by atoms with Crippen LogP contribution in [0.1, 0.15) is 5.56 Å². The number of hydrogen-bond acceptors (Lipinski definition) is 4. The smallest absolute Gasteiger partial charge is 0.271 e. The van der Waals surface area contributed by atoms with Gasteiger partial charge in [0.05, 0.1) is 0 Å². The largest absolute Gasteiger partial charge is 0.279 e. The number of rotatable bonds is 6. The second-order valence-electron chi connectivity index (χ2n) is 4.94. The van der Waals surface area contributed by atoms with E-state index in [2.05, 4.69) is 4.72 Å². The third kappa shape index (κ3) is 4.17. The Labute approximate surface area is 148 Å². The number of nitrogens with one attached hydrogen (secondary N) is 1. The first-order chi connectivity index (χ1) is 11.5. The molecule has 124 valence electrons. The Bertz CT molecular complexity index is 907. The van der Waals surface area contributed by atoms with Crippen LogP contribution in [0.25, 0.3) is 0 Å². The number of hydrogen-bond donors (Lipinski definition) is 1. The molecule has 3 rings (SSSR count). The Kier molecular flexibility index (Phi) is 5.23. The van der Waals surface area contributed by atoms with Crippen molar-refractivity contribution in [1.82, 2.24) is 0 Å². The van der Waals surface area contributed by atoms with Crippen LogP contribution in [0.2, 0.25) is 0 Å². The molecule has 24 heavy (non-hydrogen) atoms. The Morgan fingerprint density at radius 3 is 2.42 bits per heavy atom. The fourth-order valence-corrected chi connectivity index (χ4v) is 4.95. The third-order valence-electron chi connectivity index (χ3n) is 3.22. The van der Waals surface area contributed by atoms with Crippen molar-refractivity contribution in [2.75, 3.05) is 4.72 Å². The highest BCUT2D eigenvalue weighted by Crippen LogP contribution is 2.26. The molecular formula is C17H14FNO2S3. The van der Waals surface area contributed by atoms with Gasteiger partial charge in [-0.3, -0.25) is 4.72 Å². The van der Waals surface area contributed by atoms with Crippen LogP contribution in [0.5, 0.6) is 0 Å². The summed E-state index contributed by atoms with van der Waals surface area (Å²) in [4.78, 5) is 0.942. The lowest BCUT2D eigenvalue weighted by atomic mass is 10.2. The molecule has 1 aromatic heterocycles. The molecule has 0 saturated carbocycles. The lowest BCUT2D eigenvalue weighted by molar-refractivity contribution is 0.603. The highest BCUT2D eigenvalue weighted by molar-refractivity contribution is 7.98. The summed E-state index contributed by atoms with van der Waals surface area (Å²) < 4.78 is 40.7. The minimum absolute atomic E-state index is 0.217. The summed E-state index contributed by atoms with van der Waals surface area (Å²) in [6.45, 7) is 0. The molecule has 7 heteroatoms. The average Bonchev–Trinajstić information content (AvgIpc) is 3.11. The summed E-state index contributed by atoms with van der Waals surface area (Å²) in [5, 5.41) is 1.72. The van der Waals surface area contributed by atoms with Gasteiger partial charge in [-0.05, 0) is 47.3 Å². The van der Waals surface area contributed by atoms with E-state index < -0.39 is 10.0 Å². The van der Waals surface area contributed by atoms with Crippen LogP contribution in [-0.2, 0) is 15.8 Å². The van der Waals surface area contributed by atoms with Crippen molar-refractivity contribution >= 4 is 38.8 Å². The van der Waals surface area contributed by atoms with Crippen molar-refractivity contribution in [3.63, 3.8) is 0 Å². The molecule has 0 aliphatic rings. The summed E-state index contributed by atoms with van der Waals surface area (Å²) in [6, 6.07) is 17.0. The van der Waals surface area contributed by atoms with Gasteiger partial charge in [0.25, 0.3) is 10.0 Å². The number of anilines is 1. The van der Waals surface area contributed by atoms with Crippen LogP contribution >= 0.6 is 23.1 Å². The zero-order valence-electron chi connectivity index (χ0n) is 12.5. The first-order valence-corrected chi connectivity index (χ1v) is 10.4. The maximum atomic E-state index is 13.6. The molecule has 1 heterocycles. The van der Waals surface area contributed by atoms with E-state index in [1.165, 1.54) is 29.2 Å². The van der Waals surface area contributed by atoms with Gasteiger partial charge in [-0.2, -0.15) is 0 Å². The van der Waals surface area contributed by atoms with Crippen molar-refractivity contribution in [1.29, 1.82) is 0 Å². The molecule has 0 saturated heterocycles. The Morgan fingerprint density at radius 2 is 1.75 bits per heavy atom. The molecule has 0 spiro atoms. The zero-order chi connectivity index (χ0) is 17.0. The monoisotopic (exact) mass is 379 g/mol. The fourth-order valence-electron chi connectivity index (χ4n) is 2.02. The highest BCUT2D eigenvalue weighted by atomic mass is 32.2. The average molecular weight is 380 g/mol. The van der Waals surface area contributed by atoms with Crippen molar-refractivity contribution in [2.24, 2.45) is 0 Å². The van der Waals surface area contributed by atoms with Gasteiger partial charge in [0, 0.05) is 16.3 Å². The van der Waals surface area contributed by atoms with E-state index in [4.69, 9.17) is 0 Å². The van der Waals surface area contributed by atoms with Gasteiger partial charge in [-0.25, -0.2) is 12.8 Å². The maximum absolute atomic E-state index is 13.6. The Hall–Kier alpha value is -1.83. The van der Waals surface area contributed by atoms with Crippen LogP contribution in [0, 0.1) is 5.82 Å². The van der Waals surface area contributed by atoms with Crippen LogP contribution in [0.4, 0.5) is 10.1 Å². The lowest BCUT2D eigenvalue weighted by Gasteiger charge is -2.07. The van der Waals surface area contributed by atoms with E-state index in [0.29, 0.717) is 17.0 Å². The van der Waals surface area contributed by atoms with E-state index in [1.54, 1.807) is 47.8 Å². The number of benzene rings is 2. The predicted octanol–water partition coefficient (Wildman–Crippen LogP) is 4.98. The van der Waals surface area contributed by atoms with E-state index in [0.717, 1.165) is 4.90 Å². The quantitative estimate of drug-likeness (QED) is 0.615. The minimum atomic E-state index is -3.53. The highest BCUT2D eigenvalue weighted by Gasteiger charge is 2.14.